The summed E-state index contributed by atoms with van der Waals surface area (Å²) in [7, 11) is -4.19. The Hall–Kier alpha value is -2.91. The van der Waals surface area contributed by atoms with Crippen LogP contribution in [0.4, 0.5) is 23.2 Å². The number of sulfonamides is 1. The molecule has 2 N–H and O–H groups in total. The van der Waals surface area contributed by atoms with Gasteiger partial charge < -0.3 is 15.0 Å². The number of hydrogen-bond donors (Lipinski definition) is 2. The molecule has 3 aromatic rings. The highest BCUT2D eigenvalue weighted by Gasteiger charge is 2.47. The normalized spacial score (nSPS) is 21.4. The van der Waals surface area contributed by atoms with Crippen molar-refractivity contribution in [3.8, 4) is 16.8 Å². The van der Waals surface area contributed by atoms with E-state index in [9.17, 15) is 31.2 Å². The molecule has 0 unspecified atom stereocenters. The Balaban J connectivity index is 1.60. The molecular weight excluding hydrogens is 552 g/mol. The van der Waals surface area contributed by atoms with Crippen LogP contribution >= 0.6 is 11.3 Å². The van der Waals surface area contributed by atoms with E-state index in [0.717, 1.165) is 0 Å². The van der Waals surface area contributed by atoms with Crippen LogP contribution in [0.3, 0.4) is 0 Å². The van der Waals surface area contributed by atoms with E-state index in [4.69, 9.17) is 0 Å². The van der Waals surface area contributed by atoms with Gasteiger partial charge in [0, 0.05) is 31.4 Å². The third-order valence-electron chi connectivity index (χ3n) is 6.23. The van der Waals surface area contributed by atoms with Gasteiger partial charge in [0.1, 0.15) is 16.1 Å². The molecule has 17 heteroatoms. The number of piperazine rings is 1. The molecule has 2 aliphatic rings. The van der Waals surface area contributed by atoms with E-state index < -0.39 is 39.6 Å². The number of anilines is 1. The Bertz CT molecular complexity index is 1490. The smallest absolute Gasteiger partial charge is 0.345 e. The van der Waals surface area contributed by atoms with Crippen molar-refractivity contribution >= 4 is 32.7 Å². The van der Waals surface area contributed by atoms with E-state index in [1.54, 1.807) is 4.90 Å². The van der Waals surface area contributed by atoms with Crippen LogP contribution in [0.15, 0.2) is 23.4 Å². The number of aromatic nitrogens is 4. The Morgan fingerprint density at radius 2 is 2.08 bits per heavy atom. The number of nitrogens with one attached hydrogen (secondary N) is 2. The first-order chi connectivity index (χ1) is 18.0. The molecule has 0 amide bonds. The molecule has 0 spiro atoms. The SMILES string of the molecule is C[C@H]1CN(c2cc(S(=O)(=O)NC3(C#N)CC3)cn3c(-c4nnc(C(F)F)s4)cnc23)C[C@H](COC(F)F)N1. The van der Waals surface area contributed by atoms with Crippen LogP contribution in [-0.2, 0) is 14.8 Å². The quantitative estimate of drug-likeness (QED) is 0.369. The van der Waals surface area contributed by atoms with Crippen molar-refractivity contribution in [2.24, 2.45) is 0 Å². The number of ether oxygens (including phenoxy) is 1. The standard InChI is InChI=1S/C21H22F4N8O3S2/c1-11-6-32(7-12(28-11)9-36-20(24)25)14-4-13(38(34,35)31-21(10-26)2-3-21)8-33-15(5-27-17(14)33)18-29-30-19(37-18)16(22)23/h4-5,8,11-12,16,20,28,31H,2-3,6-7,9H2,1H3/t11-,12+/m0/s1. The third kappa shape index (κ3) is 5.31. The first-order valence-corrected chi connectivity index (χ1v) is 13.8. The van der Waals surface area contributed by atoms with Gasteiger partial charge in [0.25, 0.3) is 6.43 Å². The Morgan fingerprint density at radius 1 is 1.32 bits per heavy atom. The molecule has 1 aliphatic carbocycles. The summed E-state index contributed by atoms with van der Waals surface area (Å²) in [6, 6.07) is 2.71. The minimum absolute atomic E-state index is 0.105. The minimum atomic E-state index is -4.19. The van der Waals surface area contributed by atoms with Gasteiger partial charge in [0.15, 0.2) is 15.7 Å². The maximum Gasteiger partial charge on any atom is 0.345 e. The van der Waals surface area contributed by atoms with Crippen LogP contribution in [0.1, 0.15) is 31.2 Å². The third-order valence-corrected chi connectivity index (χ3v) is 8.69. The van der Waals surface area contributed by atoms with Crippen molar-refractivity contribution in [1.29, 1.82) is 5.26 Å². The molecule has 1 aliphatic heterocycles. The largest absolute Gasteiger partial charge is 0.365 e. The average molecular weight is 575 g/mol. The van der Waals surface area contributed by atoms with Gasteiger partial charge in [-0.2, -0.15) is 18.8 Å². The van der Waals surface area contributed by atoms with Crippen molar-refractivity contribution in [1.82, 2.24) is 29.6 Å². The van der Waals surface area contributed by atoms with Crippen LogP contribution < -0.4 is 14.9 Å². The zero-order valence-electron chi connectivity index (χ0n) is 19.8. The summed E-state index contributed by atoms with van der Waals surface area (Å²) < 4.78 is 86.6. The predicted molar refractivity (Wildman–Crippen MR) is 128 cm³/mol. The molecule has 5 rings (SSSR count). The summed E-state index contributed by atoms with van der Waals surface area (Å²) in [4.78, 5) is 6.02. The lowest BCUT2D eigenvalue weighted by molar-refractivity contribution is -0.134. The second-order valence-corrected chi connectivity index (χ2v) is 11.9. The van der Waals surface area contributed by atoms with Gasteiger partial charge in [0.2, 0.25) is 10.0 Å². The van der Waals surface area contributed by atoms with E-state index in [2.05, 4.69) is 30.0 Å². The molecule has 1 saturated carbocycles. The minimum Gasteiger partial charge on any atom is -0.365 e. The lowest BCUT2D eigenvalue weighted by Gasteiger charge is -2.39. The molecule has 4 heterocycles. The highest BCUT2D eigenvalue weighted by molar-refractivity contribution is 7.89. The van der Waals surface area contributed by atoms with Gasteiger partial charge >= 0.3 is 6.61 Å². The van der Waals surface area contributed by atoms with Crippen molar-refractivity contribution in [3.63, 3.8) is 0 Å². The Morgan fingerprint density at radius 3 is 2.71 bits per heavy atom. The maximum atomic E-state index is 13.3. The van der Waals surface area contributed by atoms with E-state index >= 15 is 0 Å². The van der Waals surface area contributed by atoms with Gasteiger partial charge in [-0.1, -0.05) is 11.3 Å². The molecule has 38 heavy (non-hydrogen) atoms. The molecular formula is C21H22F4N8O3S2. The highest BCUT2D eigenvalue weighted by atomic mass is 32.2. The summed E-state index contributed by atoms with van der Waals surface area (Å²) in [5, 5.41) is 19.5. The number of nitriles is 1. The molecule has 0 bridgehead atoms. The molecule has 2 fully saturated rings. The summed E-state index contributed by atoms with van der Waals surface area (Å²) in [5.74, 6) is 0. The zero-order chi connectivity index (χ0) is 27.2. The van der Waals surface area contributed by atoms with Crippen LogP contribution in [0.5, 0.6) is 0 Å². The molecule has 3 aromatic heterocycles. The van der Waals surface area contributed by atoms with Crippen molar-refractivity contribution in [2.45, 2.75) is 55.3 Å². The fourth-order valence-corrected chi connectivity index (χ4v) is 6.45. The number of nitrogens with zero attached hydrogens (tertiary/aromatic N) is 6. The van der Waals surface area contributed by atoms with Crippen LogP contribution in [0, 0.1) is 11.3 Å². The van der Waals surface area contributed by atoms with Crippen molar-refractivity contribution in [3.05, 3.63) is 23.5 Å². The van der Waals surface area contributed by atoms with Crippen LogP contribution in [-0.4, -0.2) is 71.9 Å². The van der Waals surface area contributed by atoms with E-state index in [-0.39, 0.29) is 34.8 Å². The first kappa shape index (κ1) is 26.7. The molecule has 2 atom stereocenters. The zero-order valence-corrected chi connectivity index (χ0v) is 21.4. The summed E-state index contributed by atoms with van der Waals surface area (Å²) in [6.07, 6.45) is 0.571. The Labute approximate surface area is 218 Å². The van der Waals surface area contributed by atoms with Gasteiger partial charge in [0.05, 0.1) is 24.6 Å². The van der Waals surface area contributed by atoms with Gasteiger partial charge in [-0.25, -0.2) is 22.2 Å². The number of fused-ring (bicyclic) bond motifs is 1. The monoisotopic (exact) mass is 574 g/mol. The second-order valence-electron chi connectivity index (χ2n) is 9.21. The molecule has 0 radical (unpaired) electrons. The predicted octanol–water partition coefficient (Wildman–Crippen LogP) is 2.53. The molecule has 204 valence electrons. The molecule has 1 saturated heterocycles. The number of halogens is 4. The van der Waals surface area contributed by atoms with Crippen molar-refractivity contribution in [2.75, 3.05) is 24.6 Å². The van der Waals surface area contributed by atoms with Gasteiger partial charge in [-0.15, -0.1) is 10.2 Å². The van der Waals surface area contributed by atoms with Crippen molar-refractivity contribution < 1.29 is 30.7 Å². The second kappa shape index (κ2) is 10.0. The fraction of sp³-hybridized carbons (Fsp3) is 0.524. The number of pyridine rings is 1. The number of imidazole rings is 1. The van der Waals surface area contributed by atoms with E-state index in [1.165, 1.54) is 22.9 Å². The lowest BCUT2D eigenvalue weighted by Crippen LogP contribution is -2.57. The van der Waals surface area contributed by atoms with Crippen LogP contribution in [0.25, 0.3) is 16.3 Å². The average Bonchev–Trinajstić information content (AvgIpc) is 3.25. The van der Waals surface area contributed by atoms with E-state index in [1.807, 2.05) is 13.0 Å². The fourth-order valence-electron chi connectivity index (χ4n) is 4.35. The maximum absolute atomic E-state index is 13.3. The van der Waals surface area contributed by atoms with Gasteiger partial charge in [-0.3, -0.25) is 4.40 Å². The lowest BCUT2D eigenvalue weighted by atomic mass is 10.1. The number of hydrogen-bond acceptors (Lipinski definition) is 10. The summed E-state index contributed by atoms with van der Waals surface area (Å²) in [6.45, 7) is -0.795. The summed E-state index contributed by atoms with van der Waals surface area (Å²) >= 11 is 0.650. The number of rotatable bonds is 9. The first-order valence-electron chi connectivity index (χ1n) is 11.5. The summed E-state index contributed by atoms with van der Waals surface area (Å²) in [5.41, 5.74) is -0.269. The molecule has 11 nitrogen and oxygen atoms in total. The highest BCUT2D eigenvalue weighted by Crippen LogP contribution is 2.37. The van der Waals surface area contributed by atoms with E-state index in [0.29, 0.717) is 42.1 Å². The van der Waals surface area contributed by atoms with Gasteiger partial charge in [-0.05, 0) is 25.8 Å². The van der Waals surface area contributed by atoms with Crippen LogP contribution in [0.2, 0.25) is 0 Å². The number of alkyl halides is 4. The topological polar surface area (TPSA) is 138 Å². The Kier molecular flexibility index (Phi) is 7.02. The molecule has 0 aromatic carbocycles.